The standard InChI is InChI=1S/C21H18N2OS/c1-15(17-11-6-8-16-7-2-3-9-18(16)17)23-21(24)19-10-4-5-12-20(19)25-14-13-22/h2-12,15H,14H2,1H3,(H,23,24)/t15-/m0/s1. The lowest BCUT2D eigenvalue weighted by Crippen LogP contribution is -2.27. The van der Waals surface area contributed by atoms with Gasteiger partial charge in [0.2, 0.25) is 0 Å². The molecule has 0 unspecified atom stereocenters. The molecule has 0 radical (unpaired) electrons. The molecule has 0 saturated heterocycles. The normalized spacial score (nSPS) is 11.7. The smallest absolute Gasteiger partial charge is 0.252 e. The summed E-state index contributed by atoms with van der Waals surface area (Å²) in [5.41, 5.74) is 1.70. The van der Waals surface area contributed by atoms with E-state index < -0.39 is 0 Å². The van der Waals surface area contributed by atoms with E-state index in [-0.39, 0.29) is 11.9 Å². The minimum Gasteiger partial charge on any atom is -0.345 e. The van der Waals surface area contributed by atoms with Crippen molar-refractivity contribution in [2.45, 2.75) is 17.9 Å². The minimum absolute atomic E-state index is 0.118. The van der Waals surface area contributed by atoms with Gasteiger partial charge in [-0.25, -0.2) is 0 Å². The number of hydrogen-bond donors (Lipinski definition) is 1. The van der Waals surface area contributed by atoms with Crippen molar-refractivity contribution < 1.29 is 4.79 Å². The summed E-state index contributed by atoms with van der Waals surface area (Å²) in [6.45, 7) is 1.99. The van der Waals surface area contributed by atoms with E-state index in [1.165, 1.54) is 11.8 Å². The molecule has 1 N–H and O–H groups in total. The third-order valence-electron chi connectivity index (χ3n) is 4.06. The Kier molecular flexibility index (Phi) is 5.37. The molecule has 0 fully saturated rings. The zero-order valence-corrected chi connectivity index (χ0v) is 14.7. The van der Waals surface area contributed by atoms with E-state index in [9.17, 15) is 4.79 Å². The molecule has 4 heteroatoms. The summed E-state index contributed by atoms with van der Waals surface area (Å²) >= 11 is 1.38. The van der Waals surface area contributed by atoms with Gasteiger partial charge in [-0.3, -0.25) is 4.79 Å². The summed E-state index contributed by atoms with van der Waals surface area (Å²) < 4.78 is 0. The second-order valence-corrected chi connectivity index (χ2v) is 6.72. The van der Waals surface area contributed by atoms with Gasteiger partial charge in [-0.15, -0.1) is 11.8 Å². The van der Waals surface area contributed by atoms with E-state index in [1.807, 2.05) is 49.4 Å². The van der Waals surface area contributed by atoms with Crippen molar-refractivity contribution in [2.24, 2.45) is 0 Å². The quantitative estimate of drug-likeness (QED) is 0.665. The van der Waals surface area contributed by atoms with Crippen molar-refractivity contribution in [1.82, 2.24) is 5.32 Å². The number of rotatable bonds is 5. The first-order valence-electron chi connectivity index (χ1n) is 8.08. The van der Waals surface area contributed by atoms with E-state index in [0.717, 1.165) is 21.2 Å². The highest BCUT2D eigenvalue weighted by atomic mass is 32.2. The van der Waals surface area contributed by atoms with Gasteiger partial charge in [-0.1, -0.05) is 54.6 Å². The second-order valence-electron chi connectivity index (χ2n) is 5.71. The number of nitrogens with zero attached hydrogens (tertiary/aromatic N) is 1. The Balaban J connectivity index is 1.85. The number of fused-ring (bicyclic) bond motifs is 1. The monoisotopic (exact) mass is 346 g/mol. The van der Waals surface area contributed by atoms with Crippen LogP contribution in [0.1, 0.15) is 28.9 Å². The van der Waals surface area contributed by atoms with E-state index in [0.29, 0.717) is 11.3 Å². The van der Waals surface area contributed by atoms with E-state index in [2.05, 4.69) is 29.6 Å². The molecule has 124 valence electrons. The second kappa shape index (κ2) is 7.87. The van der Waals surface area contributed by atoms with Crippen LogP contribution in [-0.4, -0.2) is 11.7 Å². The molecule has 25 heavy (non-hydrogen) atoms. The summed E-state index contributed by atoms with van der Waals surface area (Å²) in [4.78, 5) is 13.6. The van der Waals surface area contributed by atoms with Gasteiger partial charge in [0, 0.05) is 4.90 Å². The molecule has 0 aliphatic rings. The van der Waals surface area contributed by atoms with E-state index in [4.69, 9.17) is 5.26 Å². The predicted octanol–water partition coefficient (Wildman–Crippen LogP) is 4.95. The number of thioether (sulfide) groups is 1. The highest BCUT2D eigenvalue weighted by molar-refractivity contribution is 7.99. The zero-order valence-electron chi connectivity index (χ0n) is 13.9. The molecular formula is C21H18N2OS. The molecule has 3 nitrogen and oxygen atoms in total. The Morgan fingerprint density at radius 2 is 1.80 bits per heavy atom. The fourth-order valence-electron chi connectivity index (χ4n) is 2.87. The third kappa shape index (κ3) is 3.84. The molecule has 0 bridgehead atoms. The van der Waals surface area contributed by atoms with Gasteiger partial charge >= 0.3 is 0 Å². The molecule has 0 spiro atoms. The summed E-state index contributed by atoms with van der Waals surface area (Å²) in [5.74, 6) is 0.199. The third-order valence-corrected chi connectivity index (χ3v) is 5.00. The molecule has 0 aliphatic carbocycles. The van der Waals surface area contributed by atoms with Gasteiger partial charge in [-0.2, -0.15) is 5.26 Å². The van der Waals surface area contributed by atoms with E-state index in [1.54, 1.807) is 6.07 Å². The Bertz CT molecular complexity index is 941. The van der Waals surface area contributed by atoms with Crippen LogP contribution in [0.3, 0.4) is 0 Å². The first kappa shape index (κ1) is 17.1. The molecular weight excluding hydrogens is 328 g/mol. The van der Waals surface area contributed by atoms with Gasteiger partial charge in [0.15, 0.2) is 0 Å². The Morgan fingerprint density at radius 3 is 2.64 bits per heavy atom. The van der Waals surface area contributed by atoms with Gasteiger partial charge < -0.3 is 5.32 Å². The molecule has 3 rings (SSSR count). The van der Waals surface area contributed by atoms with Crippen LogP contribution in [0.5, 0.6) is 0 Å². The van der Waals surface area contributed by atoms with Crippen LogP contribution in [0.15, 0.2) is 71.6 Å². The van der Waals surface area contributed by atoms with Crippen LogP contribution in [0.25, 0.3) is 10.8 Å². The average molecular weight is 346 g/mol. The number of carbonyl (C=O) groups is 1. The Labute approximate surface area is 151 Å². The first-order valence-corrected chi connectivity index (χ1v) is 9.06. The molecule has 0 heterocycles. The highest BCUT2D eigenvalue weighted by Gasteiger charge is 2.16. The lowest BCUT2D eigenvalue weighted by molar-refractivity contribution is 0.0937. The van der Waals surface area contributed by atoms with Crippen LogP contribution in [0.2, 0.25) is 0 Å². The highest BCUT2D eigenvalue weighted by Crippen LogP contribution is 2.26. The number of nitrogens with one attached hydrogen (secondary N) is 1. The number of nitriles is 1. The maximum atomic E-state index is 12.7. The molecule has 0 saturated carbocycles. The van der Waals surface area contributed by atoms with Crippen LogP contribution < -0.4 is 5.32 Å². The van der Waals surface area contributed by atoms with Crippen molar-refractivity contribution in [3.63, 3.8) is 0 Å². The van der Waals surface area contributed by atoms with E-state index >= 15 is 0 Å². The molecule has 3 aromatic rings. The van der Waals surface area contributed by atoms with Gasteiger partial charge in [0.05, 0.1) is 23.4 Å². The summed E-state index contributed by atoms with van der Waals surface area (Å²) in [7, 11) is 0. The lowest BCUT2D eigenvalue weighted by atomic mass is 9.99. The van der Waals surface area contributed by atoms with Crippen LogP contribution in [0.4, 0.5) is 0 Å². The molecule has 0 aliphatic heterocycles. The number of amides is 1. The molecule has 1 atom stereocenters. The summed E-state index contributed by atoms with van der Waals surface area (Å²) in [5, 5.41) is 14.2. The van der Waals surface area contributed by atoms with Crippen molar-refractivity contribution >= 4 is 28.4 Å². The van der Waals surface area contributed by atoms with Crippen LogP contribution >= 0.6 is 11.8 Å². The maximum absolute atomic E-state index is 12.7. The topological polar surface area (TPSA) is 52.9 Å². The van der Waals surface area contributed by atoms with Gasteiger partial charge in [0.1, 0.15) is 0 Å². The molecule has 3 aromatic carbocycles. The van der Waals surface area contributed by atoms with Crippen molar-refractivity contribution in [3.05, 3.63) is 77.9 Å². The Morgan fingerprint density at radius 1 is 1.08 bits per heavy atom. The zero-order chi connectivity index (χ0) is 17.6. The van der Waals surface area contributed by atoms with Gasteiger partial charge in [-0.05, 0) is 35.4 Å². The fourth-order valence-corrected chi connectivity index (χ4v) is 3.58. The predicted molar refractivity (Wildman–Crippen MR) is 103 cm³/mol. The maximum Gasteiger partial charge on any atom is 0.252 e. The van der Waals surface area contributed by atoms with Crippen molar-refractivity contribution in [3.8, 4) is 6.07 Å². The average Bonchev–Trinajstić information content (AvgIpc) is 2.66. The number of hydrogen-bond acceptors (Lipinski definition) is 3. The number of carbonyl (C=O) groups excluding carboxylic acids is 1. The summed E-state index contributed by atoms with van der Waals surface area (Å²) in [6, 6.07) is 23.7. The first-order chi connectivity index (χ1) is 12.2. The van der Waals surface area contributed by atoms with Crippen molar-refractivity contribution in [1.29, 1.82) is 5.26 Å². The minimum atomic E-state index is -0.124. The SMILES string of the molecule is C[C@H](NC(=O)c1ccccc1SCC#N)c1cccc2ccccc12. The number of benzene rings is 3. The molecule has 1 amide bonds. The molecule has 0 aromatic heterocycles. The largest absolute Gasteiger partial charge is 0.345 e. The van der Waals surface area contributed by atoms with Gasteiger partial charge in [0.25, 0.3) is 5.91 Å². The van der Waals surface area contributed by atoms with Crippen LogP contribution in [-0.2, 0) is 0 Å². The fraction of sp³-hybridized carbons (Fsp3) is 0.143. The lowest BCUT2D eigenvalue weighted by Gasteiger charge is -2.17. The van der Waals surface area contributed by atoms with Crippen molar-refractivity contribution in [2.75, 3.05) is 5.75 Å². The summed E-state index contributed by atoms with van der Waals surface area (Å²) in [6.07, 6.45) is 0. The van der Waals surface area contributed by atoms with Crippen LogP contribution in [0, 0.1) is 11.3 Å². The Hall–Kier alpha value is -2.77.